The van der Waals surface area contributed by atoms with Crippen molar-refractivity contribution in [3.63, 3.8) is 0 Å². The zero-order valence-corrected chi connectivity index (χ0v) is 11.1. The highest BCUT2D eigenvalue weighted by Gasteiger charge is 2.17. The molecule has 2 unspecified atom stereocenters. The Labute approximate surface area is 112 Å². The third-order valence-electron chi connectivity index (χ3n) is 3.89. The maximum Gasteiger partial charge on any atom is 0.243 e. The summed E-state index contributed by atoms with van der Waals surface area (Å²) in [6.45, 7) is 2.31. The average Bonchev–Trinajstić information content (AvgIpc) is 2.65. The standard InChI is InChI=1S/C14H19FN4/c1-10-3-2-4-12(7-5-10)16-14-17-13-8-6-11(15)9-19(13)18-14/h6,8-10,12H,2-5,7H2,1H3,(H,16,18). The van der Waals surface area contributed by atoms with Gasteiger partial charge >= 0.3 is 0 Å². The molecule has 0 aromatic carbocycles. The first-order valence-electron chi connectivity index (χ1n) is 6.99. The van der Waals surface area contributed by atoms with Gasteiger partial charge in [-0.2, -0.15) is 4.98 Å². The van der Waals surface area contributed by atoms with Gasteiger partial charge in [0.2, 0.25) is 5.95 Å². The Balaban J connectivity index is 1.73. The smallest absolute Gasteiger partial charge is 0.243 e. The molecule has 3 rings (SSSR count). The van der Waals surface area contributed by atoms with Crippen LogP contribution in [0.25, 0.3) is 5.65 Å². The molecule has 1 fully saturated rings. The van der Waals surface area contributed by atoms with Crippen LogP contribution in [0.15, 0.2) is 18.3 Å². The lowest BCUT2D eigenvalue weighted by Gasteiger charge is -2.14. The zero-order chi connectivity index (χ0) is 13.2. The molecule has 1 aliphatic carbocycles. The van der Waals surface area contributed by atoms with Gasteiger partial charge in [0.25, 0.3) is 0 Å². The summed E-state index contributed by atoms with van der Waals surface area (Å²) in [6, 6.07) is 3.48. The average molecular weight is 262 g/mol. The summed E-state index contributed by atoms with van der Waals surface area (Å²) in [5.41, 5.74) is 0.672. The van der Waals surface area contributed by atoms with E-state index in [1.165, 1.54) is 36.0 Å². The van der Waals surface area contributed by atoms with Gasteiger partial charge in [0.15, 0.2) is 5.65 Å². The molecule has 1 aliphatic rings. The second-order valence-corrected chi connectivity index (χ2v) is 5.54. The van der Waals surface area contributed by atoms with Crippen LogP contribution >= 0.6 is 0 Å². The first-order valence-corrected chi connectivity index (χ1v) is 6.99. The molecule has 5 heteroatoms. The fraction of sp³-hybridized carbons (Fsp3) is 0.571. The molecule has 2 aromatic heterocycles. The van der Waals surface area contributed by atoms with Gasteiger partial charge in [0.05, 0.1) is 6.20 Å². The molecule has 1 N–H and O–H groups in total. The van der Waals surface area contributed by atoms with E-state index in [-0.39, 0.29) is 5.82 Å². The lowest BCUT2D eigenvalue weighted by atomic mass is 10.0. The van der Waals surface area contributed by atoms with Crippen LogP contribution in [0.1, 0.15) is 39.0 Å². The van der Waals surface area contributed by atoms with E-state index in [9.17, 15) is 4.39 Å². The number of hydrogen-bond acceptors (Lipinski definition) is 3. The number of nitrogens with zero attached hydrogens (tertiary/aromatic N) is 3. The van der Waals surface area contributed by atoms with Crippen LogP contribution in [-0.4, -0.2) is 20.6 Å². The second kappa shape index (κ2) is 5.15. The van der Waals surface area contributed by atoms with Crippen molar-refractivity contribution in [2.75, 3.05) is 5.32 Å². The zero-order valence-electron chi connectivity index (χ0n) is 11.1. The molecule has 0 radical (unpaired) electrons. The fourth-order valence-corrected chi connectivity index (χ4v) is 2.73. The molecule has 2 aromatic rings. The van der Waals surface area contributed by atoms with Crippen molar-refractivity contribution in [1.82, 2.24) is 14.6 Å². The van der Waals surface area contributed by atoms with E-state index in [2.05, 4.69) is 22.3 Å². The van der Waals surface area contributed by atoms with Gasteiger partial charge in [0.1, 0.15) is 5.82 Å². The molecule has 2 heterocycles. The highest BCUT2D eigenvalue weighted by molar-refractivity contribution is 5.43. The lowest BCUT2D eigenvalue weighted by Crippen LogP contribution is -2.19. The largest absolute Gasteiger partial charge is 0.350 e. The molecule has 102 valence electrons. The number of hydrogen-bond donors (Lipinski definition) is 1. The van der Waals surface area contributed by atoms with Gasteiger partial charge in [-0.15, -0.1) is 5.10 Å². The number of nitrogens with one attached hydrogen (secondary N) is 1. The second-order valence-electron chi connectivity index (χ2n) is 5.54. The minimum atomic E-state index is -0.299. The lowest BCUT2D eigenvalue weighted by molar-refractivity contribution is 0.501. The summed E-state index contributed by atoms with van der Waals surface area (Å²) in [4.78, 5) is 4.37. The van der Waals surface area contributed by atoms with Crippen molar-refractivity contribution in [1.29, 1.82) is 0 Å². The summed E-state index contributed by atoms with van der Waals surface area (Å²) in [6.07, 6.45) is 7.48. The van der Waals surface area contributed by atoms with Crippen LogP contribution in [0, 0.1) is 11.7 Å². The van der Waals surface area contributed by atoms with Crippen LogP contribution < -0.4 is 5.32 Å². The highest BCUT2D eigenvalue weighted by atomic mass is 19.1. The van der Waals surface area contributed by atoms with E-state index in [4.69, 9.17) is 0 Å². The first-order chi connectivity index (χ1) is 9.20. The van der Waals surface area contributed by atoms with Gasteiger partial charge in [-0.1, -0.05) is 19.8 Å². The number of rotatable bonds is 2. The van der Waals surface area contributed by atoms with Crippen molar-refractivity contribution in [2.24, 2.45) is 5.92 Å². The maximum absolute atomic E-state index is 13.1. The molecule has 0 bridgehead atoms. The van der Waals surface area contributed by atoms with Crippen LogP contribution in [0.2, 0.25) is 0 Å². The SMILES string of the molecule is CC1CCCC(Nc2nc3ccc(F)cn3n2)CC1. The minimum absolute atomic E-state index is 0.299. The Morgan fingerprint density at radius 3 is 3.05 bits per heavy atom. The van der Waals surface area contributed by atoms with Gasteiger partial charge in [-0.3, -0.25) is 0 Å². The van der Waals surface area contributed by atoms with Gasteiger partial charge in [0, 0.05) is 6.04 Å². The maximum atomic E-state index is 13.1. The van der Waals surface area contributed by atoms with Gasteiger partial charge in [-0.05, 0) is 37.3 Å². The Hall–Kier alpha value is -1.65. The number of aromatic nitrogens is 3. The molecule has 4 nitrogen and oxygen atoms in total. The van der Waals surface area contributed by atoms with Gasteiger partial charge in [-0.25, -0.2) is 8.91 Å². The minimum Gasteiger partial charge on any atom is -0.350 e. The molecule has 0 saturated heterocycles. The monoisotopic (exact) mass is 262 g/mol. The predicted molar refractivity (Wildman–Crippen MR) is 72.6 cm³/mol. The van der Waals surface area contributed by atoms with E-state index >= 15 is 0 Å². The number of pyridine rings is 1. The van der Waals surface area contributed by atoms with Crippen molar-refractivity contribution in [3.05, 3.63) is 24.1 Å². The summed E-state index contributed by atoms with van der Waals surface area (Å²) in [5, 5.41) is 7.66. The summed E-state index contributed by atoms with van der Waals surface area (Å²) >= 11 is 0. The Morgan fingerprint density at radius 2 is 2.16 bits per heavy atom. The molecule has 0 amide bonds. The molecule has 2 atom stereocenters. The van der Waals surface area contributed by atoms with Crippen LogP contribution in [0.3, 0.4) is 0 Å². The number of anilines is 1. The number of fused-ring (bicyclic) bond motifs is 1. The van der Waals surface area contributed by atoms with E-state index in [0.717, 1.165) is 18.8 Å². The third-order valence-corrected chi connectivity index (χ3v) is 3.89. The summed E-state index contributed by atoms with van der Waals surface area (Å²) < 4.78 is 14.6. The topological polar surface area (TPSA) is 42.2 Å². The Morgan fingerprint density at radius 1 is 1.26 bits per heavy atom. The molecule has 0 aliphatic heterocycles. The predicted octanol–water partition coefficient (Wildman–Crippen LogP) is 3.25. The molecule has 0 spiro atoms. The van der Waals surface area contributed by atoms with E-state index < -0.39 is 0 Å². The quantitative estimate of drug-likeness (QED) is 0.845. The molecule has 19 heavy (non-hydrogen) atoms. The third kappa shape index (κ3) is 2.85. The van der Waals surface area contributed by atoms with Crippen molar-refractivity contribution < 1.29 is 4.39 Å². The summed E-state index contributed by atoms with van der Waals surface area (Å²) in [5.74, 6) is 1.12. The Bertz CT molecular complexity index is 566. The van der Waals surface area contributed by atoms with E-state index in [1.807, 2.05) is 0 Å². The molecule has 1 saturated carbocycles. The van der Waals surface area contributed by atoms with Crippen LogP contribution in [-0.2, 0) is 0 Å². The van der Waals surface area contributed by atoms with E-state index in [0.29, 0.717) is 17.6 Å². The van der Waals surface area contributed by atoms with Crippen LogP contribution in [0.5, 0.6) is 0 Å². The van der Waals surface area contributed by atoms with Gasteiger partial charge < -0.3 is 5.32 Å². The molecular weight excluding hydrogens is 243 g/mol. The van der Waals surface area contributed by atoms with Crippen LogP contribution in [0.4, 0.5) is 10.3 Å². The number of halogens is 1. The first kappa shape index (κ1) is 12.4. The fourth-order valence-electron chi connectivity index (χ4n) is 2.73. The normalized spacial score (nSPS) is 24.3. The van der Waals surface area contributed by atoms with Crippen molar-refractivity contribution in [3.8, 4) is 0 Å². The highest BCUT2D eigenvalue weighted by Crippen LogP contribution is 2.24. The van der Waals surface area contributed by atoms with Crippen molar-refractivity contribution in [2.45, 2.75) is 45.1 Å². The van der Waals surface area contributed by atoms with Crippen molar-refractivity contribution >= 4 is 11.6 Å². The Kier molecular flexibility index (Phi) is 3.36. The molecular formula is C14H19FN4. The van der Waals surface area contributed by atoms with E-state index in [1.54, 1.807) is 6.07 Å². The summed E-state index contributed by atoms with van der Waals surface area (Å²) in [7, 11) is 0.